The molecule has 0 heterocycles. The fraction of sp³-hybridized carbons (Fsp3) is 0.333. The SMILES string of the molecule is COc1ccccc1C(=O)NC[C@]1(c2ccccc2)CC[C@@H](NC(=O)CCc2ccccc2)CC1. The molecule has 4 rings (SSSR count). The van der Waals surface area contributed by atoms with Gasteiger partial charge in [-0.2, -0.15) is 0 Å². The van der Waals surface area contributed by atoms with Crippen LogP contribution >= 0.6 is 0 Å². The first kappa shape index (κ1) is 24.5. The van der Waals surface area contributed by atoms with Crippen molar-refractivity contribution in [2.75, 3.05) is 13.7 Å². The molecule has 0 bridgehead atoms. The number of benzene rings is 3. The molecule has 0 saturated heterocycles. The maximum Gasteiger partial charge on any atom is 0.255 e. The second kappa shape index (κ2) is 11.7. The Kier molecular flexibility index (Phi) is 8.19. The van der Waals surface area contributed by atoms with E-state index >= 15 is 0 Å². The minimum atomic E-state index is -0.162. The molecule has 2 amide bonds. The number of methoxy groups -OCH3 is 1. The molecule has 0 spiro atoms. The molecule has 0 unspecified atom stereocenters. The van der Waals surface area contributed by atoms with Crippen LogP contribution in [0.3, 0.4) is 0 Å². The van der Waals surface area contributed by atoms with Crippen LogP contribution in [0.1, 0.15) is 53.6 Å². The summed E-state index contributed by atoms with van der Waals surface area (Å²) >= 11 is 0. The highest BCUT2D eigenvalue weighted by molar-refractivity contribution is 5.97. The second-order valence-corrected chi connectivity index (χ2v) is 9.36. The molecule has 0 radical (unpaired) electrons. The molecule has 182 valence electrons. The molecule has 35 heavy (non-hydrogen) atoms. The van der Waals surface area contributed by atoms with Gasteiger partial charge in [-0.1, -0.05) is 72.8 Å². The molecule has 3 aromatic rings. The third-order valence-corrected chi connectivity index (χ3v) is 7.12. The Hall–Kier alpha value is -3.60. The Morgan fingerprint density at radius 2 is 1.51 bits per heavy atom. The van der Waals surface area contributed by atoms with Gasteiger partial charge in [-0.3, -0.25) is 9.59 Å². The Labute approximate surface area is 207 Å². The molecule has 1 aliphatic carbocycles. The number of para-hydroxylation sites is 1. The number of hydrogen-bond acceptors (Lipinski definition) is 3. The van der Waals surface area contributed by atoms with Crippen molar-refractivity contribution in [2.24, 2.45) is 0 Å². The van der Waals surface area contributed by atoms with Gasteiger partial charge < -0.3 is 15.4 Å². The van der Waals surface area contributed by atoms with Crippen LogP contribution in [0.15, 0.2) is 84.9 Å². The third kappa shape index (κ3) is 6.30. The zero-order chi connectivity index (χ0) is 24.5. The second-order valence-electron chi connectivity index (χ2n) is 9.36. The summed E-state index contributed by atoms with van der Waals surface area (Å²) in [7, 11) is 1.58. The standard InChI is InChI=1S/C30H34N2O3/c1-35-27-15-9-8-14-26(27)29(34)31-22-30(24-12-6-3-7-13-24)20-18-25(19-21-30)32-28(33)17-16-23-10-4-2-5-11-23/h2-15,25H,16-22H2,1H3,(H,31,34)(H,32,33)/t25-,30+. The molecule has 1 aliphatic rings. The Morgan fingerprint density at radius 1 is 0.886 bits per heavy atom. The molecule has 1 saturated carbocycles. The van der Waals surface area contributed by atoms with Crippen molar-refractivity contribution in [3.05, 3.63) is 102 Å². The number of amides is 2. The minimum absolute atomic E-state index is 0.107. The maximum absolute atomic E-state index is 13.0. The molecule has 2 N–H and O–H groups in total. The third-order valence-electron chi connectivity index (χ3n) is 7.12. The molecule has 5 nitrogen and oxygen atoms in total. The highest BCUT2D eigenvalue weighted by Gasteiger charge is 2.37. The average molecular weight is 471 g/mol. The summed E-state index contributed by atoms with van der Waals surface area (Å²) in [5.74, 6) is 0.547. The lowest BCUT2D eigenvalue weighted by atomic mass is 9.68. The first-order valence-electron chi connectivity index (χ1n) is 12.4. The van der Waals surface area contributed by atoms with Crippen molar-refractivity contribution in [2.45, 2.75) is 50.0 Å². The maximum atomic E-state index is 13.0. The molecular formula is C30H34N2O3. The average Bonchev–Trinajstić information content (AvgIpc) is 2.92. The topological polar surface area (TPSA) is 67.4 Å². The molecule has 5 heteroatoms. The fourth-order valence-corrected chi connectivity index (χ4v) is 5.05. The van der Waals surface area contributed by atoms with Gasteiger partial charge in [-0.15, -0.1) is 0 Å². The number of aryl methyl sites for hydroxylation is 1. The molecule has 0 atom stereocenters. The van der Waals surface area contributed by atoms with Crippen LogP contribution in [-0.4, -0.2) is 31.5 Å². The normalized spacial score (nSPS) is 19.5. The van der Waals surface area contributed by atoms with E-state index in [-0.39, 0.29) is 23.3 Å². The van der Waals surface area contributed by atoms with E-state index in [1.54, 1.807) is 19.2 Å². The smallest absolute Gasteiger partial charge is 0.255 e. The summed E-state index contributed by atoms with van der Waals surface area (Å²) in [6.45, 7) is 0.544. The molecular weight excluding hydrogens is 436 g/mol. The van der Waals surface area contributed by atoms with Gasteiger partial charge in [-0.05, 0) is 55.4 Å². The Morgan fingerprint density at radius 3 is 2.20 bits per heavy atom. The van der Waals surface area contributed by atoms with Crippen LogP contribution in [0.4, 0.5) is 0 Å². The molecule has 3 aromatic carbocycles. The Bertz CT molecular complexity index is 1110. The van der Waals surface area contributed by atoms with Gasteiger partial charge in [0.25, 0.3) is 5.91 Å². The van der Waals surface area contributed by atoms with E-state index in [9.17, 15) is 9.59 Å². The van der Waals surface area contributed by atoms with Crippen molar-refractivity contribution < 1.29 is 14.3 Å². The number of carbonyl (C=O) groups is 2. The van der Waals surface area contributed by atoms with Crippen LogP contribution in [-0.2, 0) is 16.6 Å². The number of rotatable bonds is 9. The number of hydrogen-bond donors (Lipinski definition) is 2. The summed E-state index contributed by atoms with van der Waals surface area (Å²) in [5, 5.41) is 6.41. The monoisotopic (exact) mass is 470 g/mol. The lowest BCUT2D eigenvalue weighted by molar-refractivity contribution is -0.122. The van der Waals surface area contributed by atoms with Crippen LogP contribution in [0.25, 0.3) is 0 Å². The van der Waals surface area contributed by atoms with Crippen molar-refractivity contribution in [1.82, 2.24) is 10.6 Å². The van der Waals surface area contributed by atoms with E-state index in [1.807, 2.05) is 36.4 Å². The predicted molar refractivity (Wildman–Crippen MR) is 139 cm³/mol. The quantitative estimate of drug-likeness (QED) is 0.460. The summed E-state index contributed by atoms with van der Waals surface area (Å²) < 4.78 is 5.37. The van der Waals surface area contributed by atoms with Crippen LogP contribution < -0.4 is 15.4 Å². The zero-order valence-corrected chi connectivity index (χ0v) is 20.3. The van der Waals surface area contributed by atoms with Crippen molar-refractivity contribution in [3.8, 4) is 5.75 Å². The van der Waals surface area contributed by atoms with E-state index in [2.05, 4.69) is 47.0 Å². The first-order chi connectivity index (χ1) is 17.1. The van der Waals surface area contributed by atoms with Crippen molar-refractivity contribution in [3.63, 3.8) is 0 Å². The minimum Gasteiger partial charge on any atom is -0.496 e. The molecule has 0 aliphatic heterocycles. The van der Waals surface area contributed by atoms with Crippen LogP contribution in [0.2, 0.25) is 0 Å². The van der Waals surface area contributed by atoms with Crippen LogP contribution in [0.5, 0.6) is 5.75 Å². The number of nitrogens with one attached hydrogen (secondary N) is 2. The van der Waals surface area contributed by atoms with Gasteiger partial charge in [0.1, 0.15) is 5.75 Å². The Balaban J connectivity index is 1.37. The summed E-state index contributed by atoms with van der Waals surface area (Å²) in [6.07, 6.45) is 4.81. The zero-order valence-electron chi connectivity index (χ0n) is 20.3. The predicted octanol–water partition coefficient (Wildman–Crippen LogP) is 5.05. The number of carbonyl (C=O) groups excluding carboxylic acids is 2. The van der Waals surface area contributed by atoms with Gasteiger partial charge in [0.2, 0.25) is 5.91 Å². The fourth-order valence-electron chi connectivity index (χ4n) is 5.05. The largest absolute Gasteiger partial charge is 0.496 e. The van der Waals surface area contributed by atoms with Gasteiger partial charge in [-0.25, -0.2) is 0 Å². The van der Waals surface area contributed by atoms with E-state index < -0.39 is 0 Å². The van der Waals surface area contributed by atoms with Gasteiger partial charge in [0, 0.05) is 24.4 Å². The lowest BCUT2D eigenvalue weighted by Crippen LogP contribution is -2.47. The van der Waals surface area contributed by atoms with E-state index in [4.69, 9.17) is 4.74 Å². The van der Waals surface area contributed by atoms with Crippen molar-refractivity contribution >= 4 is 11.8 Å². The highest BCUT2D eigenvalue weighted by atomic mass is 16.5. The van der Waals surface area contributed by atoms with Gasteiger partial charge in [0.05, 0.1) is 12.7 Å². The first-order valence-corrected chi connectivity index (χ1v) is 12.4. The van der Waals surface area contributed by atoms with Crippen molar-refractivity contribution in [1.29, 1.82) is 0 Å². The van der Waals surface area contributed by atoms with Gasteiger partial charge in [0.15, 0.2) is 0 Å². The summed E-state index contributed by atoms with van der Waals surface area (Å²) in [5.41, 5.74) is 2.79. The number of ether oxygens (including phenoxy) is 1. The summed E-state index contributed by atoms with van der Waals surface area (Å²) in [6, 6.07) is 28.0. The van der Waals surface area contributed by atoms with E-state index in [1.165, 1.54) is 11.1 Å². The lowest BCUT2D eigenvalue weighted by Gasteiger charge is -2.41. The molecule has 1 fully saturated rings. The molecule has 0 aromatic heterocycles. The van der Waals surface area contributed by atoms with Gasteiger partial charge >= 0.3 is 0 Å². The van der Waals surface area contributed by atoms with E-state index in [0.717, 1.165) is 32.1 Å². The summed E-state index contributed by atoms with van der Waals surface area (Å²) in [4.78, 5) is 25.6. The van der Waals surface area contributed by atoms with E-state index in [0.29, 0.717) is 24.3 Å². The van der Waals surface area contributed by atoms with Crippen LogP contribution in [0, 0.1) is 0 Å². The highest BCUT2D eigenvalue weighted by Crippen LogP contribution is 2.39.